The normalized spacial score (nSPS) is 10.9. The highest BCUT2D eigenvalue weighted by Gasteiger charge is 2.13. The number of halogens is 2. The third-order valence-electron chi connectivity index (χ3n) is 3.22. The first-order valence-corrected chi connectivity index (χ1v) is 8.14. The lowest BCUT2D eigenvalue weighted by Gasteiger charge is -2.09. The van der Waals surface area contributed by atoms with Crippen LogP contribution in [0.4, 0.5) is 5.69 Å². The van der Waals surface area contributed by atoms with Crippen LogP contribution in [-0.4, -0.2) is 13.0 Å². The van der Waals surface area contributed by atoms with Crippen LogP contribution in [0, 0.1) is 18.3 Å². The molecular formula is C18H14BrClN2O2. The first-order valence-electron chi connectivity index (χ1n) is 6.97. The minimum Gasteiger partial charge on any atom is -0.495 e. The van der Waals surface area contributed by atoms with Crippen LogP contribution in [0.15, 0.2) is 46.4 Å². The molecule has 0 aliphatic carbocycles. The number of nitrogens with zero attached hydrogens (tertiary/aromatic N) is 1. The van der Waals surface area contributed by atoms with E-state index in [4.69, 9.17) is 16.3 Å². The van der Waals surface area contributed by atoms with Crippen LogP contribution in [0.1, 0.15) is 11.1 Å². The van der Waals surface area contributed by atoms with Gasteiger partial charge in [0.2, 0.25) is 0 Å². The molecular weight excluding hydrogens is 392 g/mol. The molecule has 0 aromatic heterocycles. The molecule has 0 aliphatic heterocycles. The molecule has 122 valence electrons. The second kappa shape index (κ2) is 8.00. The monoisotopic (exact) mass is 404 g/mol. The van der Waals surface area contributed by atoms with Crippen LogP contribution in [0.2, 0.25) is 5.02 Å². The van der Waals surface area contributed by atoms with Crippen LogP contribution in [0.5, 0.6) is 5.75 Å². The fourth-order valence-corrected chi connectivity index (χ4v) is 3.04. The van der Waals surface area contributed by atoms with Gasteiger partial charge in [-0.05, 0) is 53.2 Å². The fraction of sp³-hybridized carbons (Fsp3) is 0.111. The Morgan fingerprint density at radius 1 is 1.33 bits per heavy atom. The second-order valence-electron chi connectivity index (χ2n) is 5.00. The fourth-order valence-electron chi connectivity index (χ4n) is 2.04. The van der Waals surface area contributed by atoms with Gasteiger partial charge in [-0.2, -0.15) is 5.26 Å². The molecule has 2 rings (SSSR count). The molecule has 1 N–H and O–H groups in total. The molecule has 24 heavy (non-hydrogen) atoms. The van der Waals surface area contributed by atoms with Crippen LogP contribution in [0.3, 0.4) is 0 Å². The van der Waals surface area contributed by atoms with E-state index >= 15 is 0 Å². The van der Waals surface area contributed by atoms with Crippen LogP contribution >= 0.6 is 27.5 Å². The van der Waals surface area contributed by atoms with E-state index in [1.54, 1.807) is 24.3 Å². The predicted octanol–water partition coefficient (Wildman–Crippen LogP) is 4.97. The summed E-state index contributed by atoms with van der Waals surface area (Å²) in [5.74, 6) is -0.00482. The number of methoxy groups -OCH3 is 1. The van der Waals surface area contributed by atoms with Gasteiger partial charge in [-0.15, -0.1) is 0 Å². The number of benzene rings is 2. The van der Waals surface area contributed by atoms with Crippen molar-refractivity contribution >= 4 is 45.2 Å². The number of carbonyl (C=O) groups is 1. The van der Waals surface area contributed by atoms with Gasteiger partial charge in [0.1, 0.15) is 17.4 Å². The Morgan fingerprint density at radius 3 is 2.58 bits per heavy atom. The van der Waals surface area contributed by atoms with E-state index < -0.39 is 5.91 Å². The van der Waals surface area contributed by atoms with Crippen molar-refractivity contribution in [2.75, 3.05) is 12.4 Å². The van der Waals surface area contributed by atoms with Crippen molar-refractivity contribution < 1.29 is 9.53 Å². The zero-order valence-corrected chi connectivity index (χ0v) is 15.4. The van der Waals surface area contributed by atoms with E-state index in [9.17, 15) is 10.1 Å². The van der Waals surface area contributed by atoms with Crippen LogP contribution in [-0.2, 0) is 4.79 Å². The Hall–Kier alpha value is -2.29. The number of nitriles is 1. The number of amides is 1. The second-order valence-corrected chi connectivity index (χ2v) is 6.29. The van der Waals surface area contributed by atoms with Gasteiger partial charge in [0.25, 0.3) is 5.91 Å². The van der Waals surface area contributed by atoms with Crippen molar-refractivity contribution in [2.45, 2.75) is 6.92 Å². The topological polar surface area (TPSA) is 62.1 Å². The summed E-state index contributed by atoms with van der Waals surface area (Å²) in [4.78, 5) is 12.3. The summed E-state index contributed by atoms with van der Waals surface area (Å²) in [5, 5.41) is 12.5. The zero-order chi connectivity index (χ0) is 17.7. The molecule has 0 aliphatic rings. The summed E-state index contributed by atoms with van der Waals surface area (Å²) in [6.07, 6.45) is 1.44. The molecule has 0 bridgehead atoms. The van der Waals surface area contributed by atoms with Gasteiger partial charge >= 0.3 is 0 Å². The number of nitrogens with one attached hydrogen (secondary N) is 1. The number of aryl methyl sites for hydroxylation is 1. The number of hydrogen-bond donors (Lipinski definition) is 1. The molecule has 4 nitrogen and oxygen atoms in total. The zero-order valence-electron chi connectivity index (χ0n) is 13.1. The van der Waals surface area contributed by atoms with Gasteiger partial charge in [-0.1, -0.05) is 29.3 Å². The summed E-state index contributed by atoms with van der Waals surface area (Å²) >= 11 is 9.38. The molecule has 2 aromatic rings. The summed E-state index contributed by atoms with van der Waals surface area (Å²) in [6.45, 7) is 1.95. The molecule has 0 spiro atoms. The van der Waals surface area contributed by atoms with Gasteiger partial charge in [0.05, 0.1) is 11.6 Å². The number of carbonyl (C=O) groups excluding carboxylic acids is 1. The molecule has 2 aromatic carbocycles. The molecule has 6 heteroatoms. The van der Waals surface area contributed by atoms with Gasteiger partial charge in [0, 0.05) is 16.3 Å². The Labute approximate surface area is 153 Å². The summed E-state index contributed by atoms with van der Waals surface area (Å²) < 4.78 is 5.94. The smallest absolute Gasteiger partial charge is 0.266 e. The first-order chi connectivity index (χ1) is 11.4. The number of rotatable bonds is 4. The Kier molecular flexibility index (Phi) is 6.02. The van der Waals surface area contributed by atoms with Crippen molar-refractivity contribution in [1.82, 2.24) is 0 Å². The number of anilines is 1. The lowest BCUT2D eigenvalue weighted by molar-refractivity contribution is -0.112. The van der Waals surface area contributed by atoms with Crippen LogP contribution < -0.4 is 10.1 Å². The van der Waals surface area contributed by atoms with E-state index in [0.29, 0.717) is 26.5 Å². The molecule has 0 unspecified atom stereocenters. The maximum absolute atomic E-state index is 12.3. The van der Waals surface area contributed by atoms with Crippen molar-refractivity contribution in [3.63, 3.8) is 0 Å². The standard InChI is InChI=1S/C18H14BrClN2O2/c1-11-3-5-15(6-4-11)22-18(23)13(10-21)7-12-8-14(20)9-16(19)17(12)24-2/h3-9H,1-2H3,(H,22,23)/b13-7+. The third-order valence-corrected chi connectivity index (χ3v) is 4.02. The summed E-state index contributed by atoms with van der Waals surface area (Å²) in [5.41, 5.74) is 2.18. The van der Waals surface area contributed by atoms with E-state index in [1.807, 2.05) is 25.1 Å². The molecule has 0 saturated carbocycles. The summed E-state index contributed by atoms with van der Waals surface area (Å²) in [6, 6.07) is 12.5. The lowest BCUT2D eigenvalue weighted by Crippen LogP contribution is -2.13. The van der Waals surface area contributed by atoms with E-state index in [0.717, 1.165) is 5.56 Å². The van der Waals surface area contributed by atoms with Crippen molar-refractivity contribution in [1.29, 1.82) is 5.26 Å². The first kappa shape index (κ1) is 18.1. The van der Waals surface area contributed by atoms with Gasteiger partial charge in [-0.3, -0.25) is 4.79 Å². The van der Waals surface area contributed by atoms with Crippen molar-refractivity contribution in [3.05, 3.63) is 62.6 Å². The lowest BCUT2D eigenvalue weighted by atomic mass is 10.1. The maximum atomic E-state index is 12.3. The Bertz CT molecular complexity index is 839. The van der Waals surface area contributed by atoms with Crippen molar-refractivity contribution in [2.24, 2.45) is 0 Å². The van der Waals surface area contributed by atoms with Crippen molar-refractivity contribution in [3.8, 4) is 11.8 Å². The van der Waals surface area contributed by atoms with E-state index in [-0.39, 0.29) is 5.57 Å². The highest BCUT2D eigenvalue weighted by molar-refractivity contribution is 9.10. The minimum absolute atomic E-state index is 0.0527. The Balaban J connectivity index is 2.34. The molecule has 0 atom stereocenters. The highest BCUT2D eigenvalue weighted by Crippen LogP contribution is 2.33. The summed E-state index contributed by atoms with van der Waals surface area (Å²) in [7, 11) is 1.50. The molecule has 0 saturated heterocycles. The molecule has 0 fully saturated rings. The molecule has 0 radical (unpaired) electrons. The van der Waals surface area contributed by atoms with Gasteiger partial charge in [-0.25, -0.2) is 0 Å². The molecule has 1 amide bonds. The Morgan fingerprint density at radius 2 is 2.00 bits per heavy atom. The average molecular weight is 406 g/mol. The quantitative estimate of drug-likeness (QED) is 0.577. The average Bonchev–Trinajstić information content (AvgIpc) is 2.54. The SMILES string of the molecule is COc1c(Br)cc(Cl)cc1/C=C(\C#N)C(=O)Nc1ccc(C)cc1. The maximum Gasteiger partial charge on any atom is 0.266 e. The van der Waals surface area contributed by atoms with E-state index in [2.05, 4.69) is 21.2 Å². The van der Waals surface area contributed by atoms with Gasteiger partial charge in [0.15, 0.2) is 0 Å². The van der Waals surface area contributed by atoms with E-state index in [1.165, 1.54) is 13.2 Å². The highest BCUT2D eigenvalue weighted by atomic mass is 79.9. The number of hydrogen-bond acceptors (Lipinski definition) is 3. The third kappa shape index (κ3) is 4.38. The van der Waals surface area contributed by atoms with Crippen LogP contribution in [0.25, 0.3) is 6.08 Å². The van der Waals surface area contributed by atoms with Gasteiger partial charge < -0.3 is 10.1 Å². The largest absolute Gasteiger partial charge is 0.495 e. The predicted molar refractivity (Wildman–Crippen MR) is 99.1 cm³/mol. The minimum atomic E-state index is -0.500. The number of ether oxygens (including phenoxy) is 1. The molecule has 0 heterocycles.